The zero-order chi connectivity index (χ0) is 41.0. The van der Waals surface area contributed by atoms with E-state index in [1.807, 2.05) is 18.2 Å². The molecular formula is C51H93N3O3. The predicted octanol–water partition coefficient (Wildman–Crippen LogP) is 14.4. The number of unbranched alkanes of at least 4 members (excludes halogenated alkanes) is 26. The summed E-state index contributed by atoms with van der Waals surface area (Å²) in [5, 5.41) is 6.56. The first kappa shape index (κ1) is 52.7. The van der Waals surface area contributed by atoms with Gasteiger partial charge in [-0.15, -0.1) is 0 Å². The van der Waals surface area contributed by atoms with Gasteiger partial charge in [-0.1, -0.05) is 154 Å². The molecule has 0 aliphatic rings. The Hall–Kier alpha value is -2.31. The number of amides is 1. The van der Waals surface area contributed by atoms with Gasteiger partial charge in [-0.05, 0) is 128 Å². The molecule has 330 valence electrons. The zero-order valence-electron chi connectivity index (χ0n) is 37.7. The van der Waals surface area contributed by atoms with Gasteiger partial charge in [0.2, 0.25) is 0 Å². The van der Waals surface area contributed by atoms with Crippen molar-refractivity contribution in [3.63, 3.8) is 0 Å². The second-order valence-electron chi connectivity index (χ2n) is 16.4. The van der Waals surface area contributed by atoms with Crippen molar-refractivity contribution in [3.8, 4) is 11.5 Å². The number of rotatable bonds is 44. The Labute approximate surface area is 353 Å². The number of hydrogen-bond acceptors (Lipinski definition) is 5. The van der Waals surface area contributed by atoms with Gasteiger partial charge in [0, 0.05) is 12.1 Å². The van der Waals surface area contributed by atoms with E-state index in [4.69, 9.17) is 15.2 Å². The molecular weight excluding hydrogens is 703 g/mol. The number of nitrogens with two attached hydrogens (primary N) is 1. The van der Waals surface area contributed by atoms with Gasteiger partial charge in [0.15, 0.2) is 11.5 Å². The minimum absolute atomic E-state index is 0.0483. The average molecular weight is 796 g/mol. The fourth-order valence-electron chi connectivity index (χ4n) is 7.14. The van der Waals surface area contributed by atoms with Gasteiger partial charge in [-0.25, -0.2) is 0 Å². The van der Waals surface area contributed by atoms with Crippen molar-refractivity contribution in [3.05, 3.63) is 48.1 Å². The number of benzene rings is 1. The molecule has 0 aliphatic heterocycles. The summed E-state index contributed by atoms with van der Waals surface area (Å²) in [6, 6.07) is 5.69. The first-order valence-corrected chi connectivity index (χ1v) is 24.6. The van der Waals surface area contributed by atoms with E-state index in [9.17, 15) is 4.79 Å². The third kappa shape index (κ3) is 35.4. The van der Waals surface area contributed by atoms with E-state index in [1.165, 1.54) is 167 Å². The molecule has 0 saturated heterocycles. The molecule has 4 N–H and O–H groups in total. The number of ether oxygens (including phenoxy) is 2. The molecule has 0 fully saturated rings. The van der Waals surface area contributed by atoms with Crippen LogP contribution in [0, 0.1) is 0 Å². The van der Waals surface area contributed by atoms with Crippen LogP contribution in [-0.4, -0.2) is 45.3 Å². The van der Waals surface area contributed by atoms with E-state index in [1.54, 1.807) is 0 Å². The standard InChI is InChI=1S/C51H93N3O3/c1-3-5-7-9-11-13-15-17-19-21-23-25-27-29-31-37-45-56-49-40-39-48(51(55)54-44-36-35-43-53-42-34-33-41-52)47-50(49)57-46-38-32-30-28-26-24-22-20-18-16-14-12-10-8-6-4-2/h17-20,39-40,47,53H,3-16,21-38,41-46,52H2,1-2H3,(H,54,55)/b19-17+,20-18+. The molecule has 57 heavy (non-hydrogen) atoms. The number of carbonyl (C=O) groups is 1. The van der Waals surface area contributed by atoms with Crippen LogP contribution in [0.15, 0.2) is 42.5 Å². The van der Waals surface area contributed by atoms with Crippen LogP contribution in [0.5, 0.6) is 11.5 Å². The van der Waals surface area contributed by atoms with E-state index in [2.05, 4.69) is 48.8 Å². The van der Waals surface area contributed by atoms with Crippen LogP contribution in [0.4, 0.5) is 0 Å². The monoisotopic (exact) mass is 796 g/mol. The summed E-state index contributed by atoms with van der Waals surface area (Å²) in [5.41, 5.74) is 6.21. The lowest BCUT2D eigenvalue weighted by Crippen LogP contribution is -2.25. The van der Waals surface area contributed by atoms with Crippen molar-refractivity contribution >= 4 is 5.91 Å². The van der Waals surface area contributed by atoms with Crippen molar-refractivity contribution in [1.29, 1.82) is 0 Å². The van der Waals surface area contributed by atoms with Crippen LogP contribution in [0.3, 0.4) is 0 Å². The third-order valence-electron chi connectivity index (χ3n) is 10.9. The highest BCUT2D eigenvalue weighted by molar-refractivity contribution is 5.94. The quantitative estimate of drug-likeness (QED) is 0.0452. The highest BCUT2D eigenvalue weighted by atomic mass is 16.5. The SMILES string of the molecule is CCCCCCCC/C=C/CCCCCCCCOc1ccc(C(=O)NCCCCNCCCCN)cc1OCCCCCCCC/C=C/CCCCCCCC. The third-order valence-corrected chi connectivity index (χ3v) is 10.9. The molecule has 6 heteroatoms. The van der Waals surface area contributed by atoms with Gasteiger partial charge in [-0.3, -0.25) is 4.79 Å². The van der Waals surface area contributed by atoms with Gasteiger partial charge in [0.25, 0.3) is 5.91 Å². The molecule has 1 rings (SSSR count). The summed E-state index contributed by atoms with van der Waals surface area (Å²) in [5.74, 6) is 1.40. The minimum Gasteiger partial charge on any atom is -0.490 e. The second kappa shape index (κ2) is 43.3. The summed E-state index contributed by atoms with van der Waals surface area (Å²) < 4.78 is 12.5. The molecule has 1 amide bonds. The molecule has 0 unspecified atom stereocenters. The van der Waals surface area contributed by atoms with Crippen molar-refractivity contribution in [1.82, 2.24) is 10.6 Å². The number of nitrogens with one attached hydrogen (secondary N) is 2. The summed E-state index contributed by atoms with van der Waals surface area (Å²) >= 11 is 0. The van der Waals surface area contributed by atoms with E-state index < -0.39 is 0 Å². The van der Waals surface area contributed by atoms with Gasteiger partial charge in [0.05, 0.1) is 13.2 Å². The van der Waals surface area contributed by atoms with E-state index in [0.717, 1.165) is 63.9 Å². The Morgan fingerprint density at radius 1 is 0.491 bits per heavy atom. The number of carbonyl (C=O) groups excluding carboxylic acids is 1. The predicted molar refractivity (Wildman–Crippen MR) is 249 cm³/mol. The Bertz CT molecular complexity index is 1060. The van der Waals surface area contributed by atoms with Crippen molar-refractivity contribution in [2.45, 2.75) is 219 Å². The lowest BCUT2D eigenvalue weighted by Gasteiger charge is -2.15. The maximum absolute atomic E-state index is 13.0. The molecule has 0 atom stereocenters. The number of hydrogen-bond donors (Lipinski definition) is 3. The summed E-state index contributed by atoms with van der Waals surface area (Å²) in [4.78, 5) is 13.0. The molecule has 0 saturated carbocycles. The Morgan fingerprint density at radius 2 is 0.895 bits per heavy atom. The molecule has 0 radical (unpaired) electrons. The fourth-order valence-corrected chi connectivity index (χ4v) is 7.14. The minimum atomic E-state index is -0.0483. The zero-order valence-corrected chi connectivity index (χ0v) is 37.7. The smallest absolute Gasteiger partial charge is 0.251 e. The molecule has 0 aromatic heterocycles. The maximum Gasteiger partial charge on any atom is 0.251 e. The fraction of sp³-hybridized carbons (Fsp3) is 0.784. The van der Waals surface area contributed by atoms with Gasteiger partial charge >= 0.3 is 0 Å². The van der Waals surface area contributed by atoms with E-state index >= 15 is 0 Å². The lowest BCUT2D eigenvalue weighted by atomic mass is 10.1. The largest absolute Gasteiger partial charge is 0.490 e. The average Bonchev–Trinajstić information content (AvgIpc) is 3.22. The van der Waals surface area contributed by atoms with Gasteiger partial charge in [-0.2, -0.15) is 0 Å². The molecule has 1 aromatic rings. The normalized spacial score (nSPS) is 11.6. The first-order valence-electron chi connectivity index (χ1n) is 24.6. The molecule has 0 bridgehead atoms. The maximum atomic E-state index is 13.0. The van der Waals surface area contributed by atoms with Crippen molar-refractivity contribution in [2.24, 2.45) is 5.73 Å². The van der Waals surface area contributed by atoms with E-state index in [-0.39, 0.29) is 5.91 Å². The molecule has 6 nitrogen and oxygen atoms in total. The lowest BCUT2D eigenvalue weighted by molar-refractivity contribution is 0.0952. The van der Waals surface area contributed by atoms with Crippen LogP contribution in [-0.2, 0) is 0 Å². The Kier molecular flexibility index (Phi) is 40.0. The molecule has 0 heterocycles. The van der Waals surface area contributed by atoms with Crippen LogP contribution in [0.25, 0.3) is 0 Å². The van der Waals surface area contributed by atoms with Crippen LogP contribution in [0.1, 0.15) is 230 Å². The van der Waals surface area contributed by atoms with E-state index in [0.29, 0.717) is 31.1 Å². The Balaban J connectivity index is 2.35. The molecule has 0 spiro atoms. The van der Waals surface area contributed by atoms with Gasteiger partial charge in [0.1, 0.15) is 0 Å². The second-order valence-corrected chi connectivity index (χ2v) is 16.4. The summed E-state index contributed by atoms with van der Waals surface area (Å²) in [6.07, 6.45) is 50.0. The summed E-state index contributed by atoms with van der Waals surface area (Å²) in [6.45, 7) is 9.29. The van der Waals surface area contributed by atoms with Crippen molar-refractivity contribution < 1.29 is 14.3 Å². The van der Waals surface area contributed by atoms with Gasteiger partial charge < -0.3 is 25.8 Å². The summed E-state index contributed by atoms with van der Waals surface area (Å²) in [7, 11) is 0. The topological polar surface area (TPSA) is 85.6 Å². The van der Waals surface area contributed by atoms with Crippen molar-refractivity contribution in [2.75, 3.05) is 39.4 Å². The highest BCUT2D eigenvalue weighted by Gasteiger charge is 2.12. The number of allylic oxidation sites excluding steroid dienone is 4. The van der Waals surface area contributed by atoms with Crippen LogP contribution >= 0.6 is 0 Å². The highest BCUT2D eigenvalue weighted by Crippen LogP contribution is 2.29. The first-order chi connectivity index (χ1) is 28.2. The molecule has 0 aliphatic carbocycles. The Morgan fingerprint density at radius 3 is 1.37 bits per heavy atom. The molecule has 1 aromatic carbocycles. The van der Waals surface area contributed by atoms with Crippen LogP contribution < -0.4 is 25.8 Å². The van der Waals surface area contributed by atoms with Crippen LogP contribution in [0.2, 0.25) is 0 Å².